The summed E-state index contributed by atoms with van der Waals surface area (Å²) in [4.78, 5) is 19.9. The molecule has 2 aliphatic heterocycles. The molecule has 8 bridgehead atoms. The topological polar surface area (TPSA) is 79.1 Å². The van der Waals surface area contributed by atoms with Crippen LogP contribution in [0.2, 0.25) is 0 Å². The molecule has 8 heteroatoms. The first-order valence-corrected chi connectivity index (χ1v) is 23.3. The average Bonchev–Trinajstić information content (AvgIpc) is 4.10. The predicted molar refractivity (Wildman–Crippen MR) is 262 cm³/mol. The Balaban J connectivity index is 1.07. The van der Waals surface area contributed by atoms with Crippen LogP contribution in [0, 0.1) is 0 Å². The van der Waals surface area contributed by atoms with Gasteiger partial charge >= 0.3 is 0 Å². The lowest BCUT2D eigenvalue weighted by Gasteiger charge is -2.30. The second-order valence-electron chi connectivity index (χ2n) is 18.0. The lowest BCUT2D eigenvalue weighted by Crippen LogP contribution is -2.42. The molecule has 2 aliphatic rings. The third kappa shape index (κ3) is 12.8. The Morgan fingerprint density at radius 3 is 1.50 bits per heavy atom. The Hall–Kier alpha value is -5.44. The second kappa shape index (κ2) is 22.1. The van der Waals surface area contributed by atoms with Crippen LogP contribution in [0.1, 0.15) is 107 Å². The van der Waals surface area contributed by atoms with Gasteiger partial charge in [-0.1, -0.05) is 89.0 Å². The van der Waals surface area contributed by atoms with Gasteiger partial charge in [-0.15, -0.1) is 0 Å². The highest BCUT2D eigenvalue weighted by atomic mass is 16.5. The van der Waals surface area contributed by atoms with Gasteiger partial charge in [0.15, 0.2) is 0 Å². The van der Waals surface area contributed by atoms with E-state index in [1.54, 1.807) is 0 Å². The summed E-state index contributed by atoms with van der Waals surface area (Å²) >= 11 is 0. The summed E-state index contributed by atoms with van der Waals surface area (Å²) in [7, 11) is 8.91. The summed E-state index contributed by atoms with van der Waals surface area (Å²) in [5.41, 5.74) is 11.8. The van der Waals surface area contributed by atoms with E-state index in [4.69, 9.17) is 19.4 Å². The van der Waals surface area contributed by atoms with Crippen LogP contribution in [0.25, 0.3) is 68.6 Å². The fraction of sp³-hybridized carbons (Fsp3) is 0.407. The standard InChI is InChI=1S/C54H69N6O2/c1-6-7-8-9-10-11-12-13-14-15-37-61-47-26-18-41(19-27-47)53-49-30-22-43(55-49)39-45-24-32-51(57-45)54(52-33-25-46(58-52)40-44-23-31-50(53)56-44)42-20-28-48(29-21-42)62-38-17-36-60(4,5)35-16-34-59(2)3/h18-33,39-40,57-58H,6-17,34-38H2,1-5H3/q+1. The predicted octanol–water partition coefficient (Wildman–Crippen LogP) is 13.1. The Labute approximate surface area is 370 Å². The molecule has 0 unspecified atom stereocenters. The van der Waals surface area contributed by atoms with Crippen molar-refractivity contribution in [2.24, 2.45) is 0 Å². The monoisotopic (exact) mass is 834 g/mol. The van der Waals surface area contributed by atoms with Crippen molar-refractivity contribution in [3.05, 3.63) is 108 Å². The Bertz CT molecular complexity index is 2330. The lowest BCUT2D eigenvalue weighted by molar-refractivity contribution is -0.890. The minimum Gasteiger partial charge on any atom is -0.494 e. The number of quaternary nitrogens is 1. The van der Waals surface area contributed by atoms with Crippen LogP contribution in [0.15, 0.2) is 84.9 Å². The van der Waals surface area contributed by atoms with Crippen molar-refractivity contribution in [2.75, 3.05) is 61.0 Å². The minimum atomic E-state index is 0.700. The van der Waals surface area contributed by atoms with E-state index < -0.39 is 0 Å². The first-order chi connectivity index (χ1) is 30.2. The largest absolute Gasteiger partial charge is 0.494 e. The fourth-order valence-corrected chi connectivity index (χ4v) is 8.51. The molecule has 326 valence electrons. The van der Waals surface area contributed by atoms with E-state index in [-0.39, 0.29) is 0 Å². The fourth-order valence-electron chi connectivity index (χ4n) is 8.51. The summed E-state index contributed by atoms with van der Waals surface area (Å²) in [6, 6.07) is 29.7. The summed E-state index contributed by atoms with van der Waals surface area (Å²) < 4.78 is 13.4. The van der Waals surface area contributed by atoms with Gasteiger partial charge in [0.25, 0.3) is 0 Å². The number of nitrogens with zero attached hydrogens (tertiary/aromatic N) is 4. The van der Waals surface area contributed by atoms with Crippen LogP contribution in [0.5, 0.6) is 11.5 Å². The molecule has 0 saturated heterocycles. The summed E-state index contributed by atoms with van der Waals surface area (Å²) in [6.45, 7) is 7.11. The molecule has 7 rings (SSSR count). The molecule has 0 aliphatic carbocycles. The van der Waals surface area contributed by atoms with Crippen molar-refractivity contribution in [2.45, 2.75) is 84.0 Å². The van der Waals surface area contributed by atoms with Gasteiger partial charge in [0.05, 0.1) is 63.2 Å². The zero-order valence-corrected chi connectivity index (χ0v) is 38.0. The summed E-state index contributed by atoms with van der Waals surface area (Å²) in [6.07, 6.45) is 23.7. The molecule has 0 amide bonds. The van der Waals surface area contributed by atoms with Crippen molar-refractivity contribution >= 4 is 46.4 Å². The van der Waals surface area contributed by atoms with Gasteiger partial charge in [0.2, 0.25) is 0 Å². The van der Waals surface area contributed by atoms with Gasteiger partial charge in [-0.05, 0) is 117 Å². The van der Waals surface area contributed by atoms with E-state index in [1.165, 1.54) is 70.8 Å². The van der Waals surface area contributed by atoms with Crippen molar-refractivity contribution in [3.63, 3.8) is 0 Å². The Morgan fingerprint density at radius 1 is 0.516 bits per heavy atom. The van der Waals surface area contributed by atoms with Gasteiger partial charge in [-0.2, -0.15) is 0 Å². The second-order valence-corrected chi connectivity index (χ2v) is 18.0. The van der Waals surface area contributed by atoms with Crippen molar-refractivity contribution in [1.29, 1.82) is 0 Å². The van der Waals surface area contributed by atoms with Crippen molar-refractivity contribution in [1.82, 2.24) is 24.8 Å². The maximum atomic E-state index is 6.24. The molecule has 2 aromatic carbocycles. The molecule has 5 heterocycles. The molecule has 0 atom stereocenters. The third-order valence-corrected chi connectivity index (χ3v) is 12.0. The lowest BCUT2D eigenvalue weighted by atomic mass is 10.0. The molecule has 8 nitrogen and oxygen atoms in total. The highest BCUT2D eigenvalue weighted by molar-refractivity contribution is 5.94. The van der Waals surface area contributed by atoms with Crippen LogP contribution in [-0.2, 0) is 0 Å². The van der Waals surface area contributed by atoms with Gasteiger partial charge in [-0.25, -0.2) is 9.97 Å². The minimum absolute atomic E-state index is 0.700. The zero-order chi connectivity index (χ0) is 43.2. The molecule has 2 N–H and O–H groups in total. The normalized spacial score (nSPS) is 12.4. The molecular formula is C54H69N6O2+. The van der Waals surface area contributed by atoms with E-state index in [1.807, 2.05) is 0 Å². The molecular weight excluding hydrogens is 765 g/mol. The first-order valence-electron chi connectivity index (χ1n) is 23.3. The molecule has 0 radical (unpaired) electrons. The Kier molecular flexibility index (Phi) is 15.9. The SMILES string of the molecule is CCCCCCCCCCCCOc1ccc(-c2c3nc(cc4ccc([nH]4)c(-c4ccc(OCCC[N+](C)(C)CCCN(C)C)cc4)c4ccc(cc5nc2C=C5)[nH]4)C=C3)cc1. The van der Waals surface area contributed by atoms with Gasteiger partial charge in [-0.3, -0.25) is 0 Å². The number of aromatic nitrogens is 4. The number of hydrogen-bond donors (Lipinski definition) is 2. The van der Waals surface area contributed by atoms with E-state index in [0.29, 0.717) is 6.61 Å². The number of unbranched alkanes of at least 4 members (excludes halogenated alkanes) is 9. The van der Waals surface area contributed by atoms with Crippen LogP contribution in [0.3, 0.4) is 0 Å². The molecule has 0 fully saturated rings. The number of rotatable bonds is 23. The number of fused-ring (bicyclic) bond motifs is 8. The summed E-state index contributed by atoms with van der Waals surface area (Å²) in [5.74, 6) is 1.78. The van der Waals surface area contributed by atoms with Crippen LogP contribution < -0.4 is 9.47 Å². The highest BCUT2D eigenvalue weighted by Gasteiger charge is 2.16. The molecule has 0 spiro atoms. The number of benzene rings is 2. The Morgan fingerprint density at radius 2 is 0.984 bits per heavy atom. The average molecular weight is 834 g/mol. The van der Waals surface area contributed by atoms with E-state index in [2.05, 4.69) is 159 Å². The summed E-state index contributed by atoms with van der Waals surface area (Å²) in [5, 5.41) is 0. The number of nitrogens with one attached hydrogen (secondary N) is 2. The first kappa shape index (κ1) is 44.6. The third-order valence-electron chi connectivity index (χ3n) is 12.0. The van der Waals surface area contributed by atoms with Gasteiger partial charge in [0, 0.05) is 52.6 Å². The zero-order valence-electron chi connectivity index (χ0n) is 38.0. The maximum absolute atomic E-state index is 6.24. The molecule has 0 saturated carbocycles. The quantitative estimate of drug-likeness (QED) is 0.0496. The van der Waals surface area contributed by atoms with Crippen molar-refractivity contribution in [3.8, 4) is 33.8 Å². The van der Waals surface area contributed by atoms with Gasteiger partial charge in [0.1, 0.15) is 11.5 Å². The number of H-pyrrole nitrogens is 2. The smallest absolute Gasteiger partial charge is 0.119 e. The van der Waals surface area contributed by atoms with Crippen molar-refractivity contribution < 1.29 is 14.0 Å². The highest BCUT2D eigenvalue weighted by Crippen LogP contribution is 2.34. The van der Waals surface area contributed by atoms with Crippen LogP contribution in [-0.4, -0.2) is 90.4 Å². The molecule has 3 aromatic heterocycles. The van der Waals surface area contributed by atoms with E-state index in [9.17, 15) is 0 Å². The van der Waals surface area contributed by atoms with E-state index in [0.717, 1.165) is 116 Å². The molecule has 5 aromatic rings. The van der Waals surface area contributed by atoms with Crippen LogP contribution >= 0.6 is 0 Å². The number of ether oxygens (including phenoxy) is 2. The van der Waals surface area contributed by atoms with Crippen LogP contribution in [0.4, 0.5) is 0 Å². The molecule has 62 heavy (non-hydrogen) atoms. The number of aromatic amines is 2. The number of hydrogen-bond acceptors (Lipinski definition) is 5. The maximum Gasteiger partial charge on any atom is 0.119 e. The van der Waals surface area contributed by atoms with Gasteiger partial charge < -0.3 is 28.8 Å². The van der Waals surface area contributed by atoms with E-state index >= 15 is 0 Å².